The third-order valence-electron chi connectivity index (χ3n) is 13.6. The summed E-state index contributed by atoms with van der Waals surface area (Å²) in [6.07, 6.45) is 41.3. The Hall–Kier alpha value is -2.91. The van der Waals surface area contributed by atoms with E-state index in [1.54, 1.807) is 0 Å². The Morgan fingerprint density at radius 3 is 1.66 bits per heavy atom. The first kappa shape index (κ1) is 60.2. The Bertz CT molecular complexity index is 1480. The zero-order valence-corrected chi connectivity index (χ0v) is 43.9. The minimum Gasteiger partial charge on any atom is -0.466 e. The van der Waals surface area contributed by atoms with Crippen LogP contribution in [-0.4, -0.2) is 77.4 Å². The van der Waals surface area contributed by atoms with Crippen LogP contribution < -0.4 is 5.32 Å². The van der Waals surface area contributed by atoms with Crippen LogP contribution in [0.2, 0.25) is 0 Å². The zero-order chi connectivity index (χ0) is 48.4. The van der Waals surface area contributed by atoms with Gasteiger partial charge in [-0.3, -0.25) is 14.4 Å². The summed E-state index contributed by atoms with van der Waals surface area (Å²) < 4.78 is 13.6. The van der Waals surface area contributed by atoms with E-state index in [2.05, 4.69) is 31.0 Å². The highest BCUT2D eigenvalue weighted by Gasteiger charge is 2.17. The number of rotatable bonds is 47. The number of amides is 1. The van der Waals surface area contributed by atoms with E-state index < -0.39 is 6.10 Å². The summed E-state index contributed by atoms with van der Waals surface area (Å²) in [5.74, 6) is -0.141. The summed E-state index contributed by atoms with van der Waals surface area (Å²) in [5, 5.41) is 15.2. The molecule has 0 aliphatic carbocycles. The molecule has 9 nitrogen and oxygen atoms in total. The van der Waals surface area contributed by atoms with E-state index in [4.69, 9.17) is 9.47 Å². The molecule has 1 amide bonds. The predicted octanol–water partition coefficient (Wildman–Crippen LogP) is 15.1. The van der Waals surface area contributed by atoms with Crippen LogP contribution in [0.25, 0.3) is 10.9 Å². The quantitative estimate of drug-likeness (QED) is 0.0502. The van der Waals surface area contributed by atoms with E-state index in [-0.39, 0.29) is 23.9 Å². The highest BCUT2D eigenvalue weighted by molar-refractivity contribution is 6.06. The summed E-state index contributed by atoms with van der Waals surface area (Å²) in [7, 11) is 1.96. The molecule has 0 radical (unpaired) electrons. The van der Waals surface area contributed by atoms with Crippen LogP contribution >= 0.6 is 0 Å². The first-order valence-electron chi connectivity index (χ1n) is 28.4. The molecule has 9 heteroatoms. The van der Waals surface area contributed by atoms with Crippen LogP contribution in [-0.2, 0) is 26.1 Å². The smallest absolute Gasteiger partial charge is 0.306 e. The number of carbonyl (C=O) groups is 3. The lowest BCUT2D eigenvalue weighted by atomic mass is 10.0. The number of aromatic nitrogens is 1. The van der Waals surface area contributed by atoms with Gasteiger partial charge in [0.2, 0.25) is 0 Å². The lowest BCUT2D eigenvalue weighted by Gasteiger charge is -2.25. The maximum absolute atomic E-state index is 13.0. The van der Waals surface area contributed by atoms with Crippen molar-refractivity contribution in [1.29, 1.82) is 0 Å². The number of benzene rings is 1. The van der Waals surface area contributed by atoms with Crippen molar-refractivity contribution in [3.63, 3.8) is 0 Å². The van der Waals surface area contributed by atoms with Crippen molar-refractivity contribution in [2.75, 3.05) is 32.8 Å². The first-order valence-corrected chi connectivity index (χ1v) is 28.4. The molecule has 1 aromatic carbocycles. The van der Waals surface area contributed by atoms with Crippen molar-refractivity contribution in [2.24, 2.45) is 7.05 Å². The van der Waals surface area contributed by atoms with Gasteiger partial charge in [-0.1, -0.05) is 180 Å². The molecule has 0 aliphatic rings. The molecule has 1 aromatic heterocycles. The lowest BCUT2D eigenvalue weighted by molar-refractivity contribution is -0.150. The third-order valence-corrected chi connectivity index (χ3v) is 13.6. The number of hydrogen-bond acceptors (Lipinski definition) is 7. The number of aliphatic hydroxyl groups excluding tert-OH is 1. The van der Waals surface area contributed by atoms with Crippen molar-refractivity contribution in [2.45, 2.75) is 264 Å². The van der Waals surface area contributed by atoms with Gasteiger partial charge in [-0.15, -0.1) is 0 Å². The van der Waals surface area contributed by atoms with Gasteiger partial charge >= 0.3 is 11.9 Å². The Morgan fingerprint density at radius 1 is 0.582 bits per heavy atom. The van der Waals surface area contributed by atoms with Gasteiger partial charge < -0.3 is 29.4 Å². The molecule has 0 spiro atoms. The van der Waals surface area contributed by atoms with Gasteiger partial charge in [0.15, 0.2) is 0 Å². The number of aliphatic hydroxyl groups is 1. The fraction of sp³-hybridized carbons (Fsp3) is 0.810. The van der Waals surface area contributed by atoms with Gasteiger partial charge in [0, 0.05) is 50.1 Å². The number of nitrogens with one attached hydrogen (secondary N) is 1. The van der Waals surface area contributed by atoms with E-state index in [9.17, 15) is 19.5 Å². The van der Waals surface area contributed by atoms with E-state index in [1.165, 1.54) is 109 Å². The second-order valence-electron chi connectivity index (χ2n) is 20.0. The number of esters is 2. The van der Waals surface area contributed by atoms with E-state index >= 15 is 0 Å². The number of para-hydroxylation sites is 1. The average molecular weight is 938 g/mol. The van der Waals surface area contributed by atoms with Crippen LogP contribution in [0.5, 0.6) is 0 Å². The van der Waals surface area contributed by atoms with E-state index in [0.29, 0.717) is 44.5 Å². The van der Waals surface area contributed by atoms with Crippen LogP contribution in [0.1, 0.15) is 262 Å². The number of nitrogens with zero attached hydrogens (tertiary/aromatic N) is 2. The Labute approximate surface area is 411 Å². The Balaban J connectivity index is 1.72. The van der Waals surface area contributed by atoms with Crippen molar-refractivity contribution in [3.8, 4) is 0 Å². The number of unbranched alkanes of at least 4 members (excludes halogenated alkanes) is 25. The van der Waals surface area contributed by atoms with E-state index in [0.717, 1.165) is 127 Å². The molecular formula is C58H103N3O6. The first-order chi connectivity index (χ1) is 32.8. The van der Waals surface area contributed by atoms with Crippen LogP contribution in [0, 0.1) is 0 Å². The summed E-state index contributed by atoms with van der Waals surface area (Å²) >= 11 is 0. The van der Waals surface area contributed by atoms with Gasteiger partial charge in [-0.2, -0.15) is 0 Å². The fourth-order valence-corrected chi connectivity index (χ4v) is 9.41. The molecular weight excluding hydrogens is 835 g/mol. The SMILES string of the molecule is CCCCCCCCCCCOC(=O)CCCCCN(CCCCCCCC(=O)OC(CCCCCCCC)CCCCCCCC)CC(O)CCCCNC(=O)c1cn(C)c2ccccc12. The molecule has 2 N–H and O–H groups in total. The van der Waals surface area contributed by atoms with Crippen molar-refractivity contribution >= 4 is 28.7 Å². The Kier molecular flexibility index (Phi) is 37.8. The minimum absolute atomic E-state index is 0.0126. The molecule has 2 aromatic rings. The minimum atomic E-state index is -0.429. The summed E-state index contributed by atoms with van der Waals surface area (Å²) in [4.78, 5) is 40.7. The average Bonchev–Trinajstić information content (AvgIpc) is 3.66. The molecule has 1 heterocycles. The summed E-state index contributed by atoms with van der Waals surface area (Å²) in [6.45, 7) is 10.4. The maximum Gasteiger partial charge on any atom is 0.306 e. The summed E-state index contributed by atoms with van der Waals surface area (Å²) in [6, 6.07) is 7.97. The lowest BCUT2D eigenvalue weighted by Crippen LogP contribution is -2.34. The number of aryl methyl sites for hydroxylation is 1. The molecule has 0 aliphatic heterocycles. The van der Waals surface area contributed by atoms with Crippen molar-refractivity contribution < 1.29 is 29.0 Å². The second-order valence-corrected chi connectivity index (χ2v) is 20.0. The highest BCUT2D eigenvalue weighted by Crippen LogP contribution is 2.21. The number of ether oxygens (including phenoxy) is 2. The van der Waals surface area contributed by atoms with Gasteiger partial charge in [0.05, 0.1) is 18.3 Å². The van der Waals surface area contributed by atoms with Gasteiger partial charge in [-0.25, -0.2) is 0 Å². The molecule has 0 fully saturated rings. The third kappa shape index (κ3) is 31.8. The molecule has 2 rings (SSSR count). The second kappa shape index (κ2) is 42.0. The molecule has 1 atom stereocenters. The zero-order valence-electron chi connectivity index (χ0n) is 43.9. The van der Waals surface area contributed by atoms with Gasteiger partial charge in [0.1, 0.15) is 6.10 Å². The molecule has 386 valence electrons. The largest absolute Gasteiger partial charge is 0.466 e. The molecule has 67 heavy (non-hydrogen) atoms. The monoisotopic (exact) mass is 938 g/mol. The van der Waals surface area contributed by atoms with Gasteiger partial charge in [0.25, 0.3) is 5.91 Å². The van der Waals surface area contributed by atoms with Crippen LogP contribution in [0.3, 0.4) is 0 Å². The predicted molar refractivity (Wildman–Crippen MR) is 282 cm³/mol. The number of carbonyl (C=O) groups excluding carboxylic acids is 3. The molecule has 0 saturated carbocycles. The van der Waals surface area contributed by atoms with Crippen LogP contribution in [0.15, 0.2) is 30.5 Å². The topological polar surface area (TPSA) is 110 Å². The van der Waals surface area contributed by atoms with Crippen molar-refractivity contribution in [3.05, 3.63) is 36.0 Å². The summed E-state index contributed by atoms with van der Waals surface area (Å²) in [5.41, 5.74) is 1.74. The fourth-order valence-electron chi connectivity index (χ4n) is 9.41. The standard InChI is InChI=1S/C58H103N3O6/c1-5-8-11-14-17-18-19-25-37-48-66-56(63)43-30-26-36-47-61(49-51(62)38-33-34-45-59-58(65)54-50-60(4)55-42-32-31-41-53(54)55)46-35-24-20-23-29-44-57(64)67-52(39-27-21-15-12-9-6-2)40-28-22-16-13-10-7-3/h31-32,41-42,50-52,62H,5-30,33-40,43-49H2,1-4H3,(H,59,65). The molecule has 1 unspecified atom stereocenters. The normalized spacial score (nSPS) is 12.1. The Morgan fingerprint density at radius 2 is 1.06 bits per heavy atom. The van der Waals surface area contributed by atoms with Crippen molar-refractivity contribution in [1.82, 2.24) is 14.8 Å². The number of fused-ring (bicyclic) bond motifs is 1. The maximum atomic E-state index is 13.0. The molecule has 0 bridgehead atoms. The molecule has 0 saturated heterocycles. The van der Waals surface area contributed by atoms with Gasteiger partial charge in [-0.05, 0) is 96.2 Å². The van der Waals surface area contributed by atoms with Crippen LogP contribution in [0.4, 0.5) is 0 Å². The highest BCUT2D eigenvalue weighted by atomic mass is 16.5. The van der Waals surface area contributed by atoms with E-state index in [1.807, 2.05) is 42.1 Å². The number of hydrogen-bond donors (Lipinski definition) is 2.